The molecule has 0 amide bonds. The van der Waals surface area contributed by atoms with Gasteiger partial charge in [0.05, 0.1) is 5.76 Å². The number of fused-ring (bicyclic) bond motifs is 5. The van der Waals surface area contributed by atoms with Crippen molar-refractivity contribution in [1.29, 1.82) is 0 Å². The van der Waals surface area contributed by atoms with Gasteiger partial charge in [-0.25, -0.2) is 0 Å². The summed E-state index contributed by atoms with van der Waals surface area (Å²) in [5.74, 6) is 0.979. The van der Waals surface area contributed by atoms with Gasteiger partial charge in [0.15, 0.2) is 5.78 Å². The number of allylic oxidation sites excluding steroid dienone is 2. The van der Waals surface area contributed by atoms with Crippen LogP contribution in [0.25, 0.3) is 44.3 Å². The first-order valence-electron chi connectivity index (χ1n) is 13.9. The maximum atomic E-state index is 11.2. The molecule has 1 aromatic heterocycles. The van der Waals surface area contributed by atoms with E-state index in [4.69, 9.17) is 4.98 Å². The molecule has 0 fully saturated rings. The maximum Gasteiger partial charge on any atom is 0.159 e. The summed E-state index contributed by atoms with van der Waals surface area (Å²) in [6.45, 7) is 14.8. The van der Waals surface area contributed by atoms with E-state index in [0.29, 0.717) is 24.7 Å². The van der Waals surface area contributed by atoms with Crippen molar-refractivity contribution in [3.05, 3.63) is 90.3 Å². The molecule has 4 aromatic rings. The number of hydrogen-bond acceptors (Lipinski definition) is 3. The number of hydrogen-bond donors (Lipinski definition) is 1. The van der Waals surface area contributed by atoms with E-state index in [0.717, 1.165) is 11.3 Å². The van der Waals surface area contributed by atoms with Crippen LogP contribution in [0.2, 0.25) is 0 Å². The Balaban J connectivity index is 0.000000272. The van der Waals surface area contributed by atoms with Crippen molar-refractivity contribution >= 4 is 16.6 Å². The number of benzene rings is 3. The van der Waals surface area contributed by atoms with E-state index in [1.165, 1.54) is 44.7 Å². The van der Waals surface area contributed by atoms with Gasteiger partial charge in [0.2, 0.25) is 0 Å². The van der Waals surface area contributed by atoms with Crippen LogP contribution in [0.5, 0.6) is 0 Å². The first-order chi connectivity index (χ1) is 18.5. The number of ketones is 1. The first kappa shape index (κ1) is 31.5. The molecule has 4 heteroatoms. The van der Waals surface area contributed by atoms with Gasteiger partial charge in [0, 0.05) is 45.2 Å². The zero-order valence-corrected chi connectivity index (χ0v) is 27.0. The van der Waals surface area contributed by atoms with Gasteiger partial charge in [-0.2, -0.15) is 0 Å². The van der Waals surface area contributed by atoms with Crippen molar-refractivity contribution in [2.75, 3.05) is 0 Å². The Morgan fingerprint density at radius 1 is 0.875 bits per heavy atom. The van der Waals surface area contributed by atoms with Gasteiger partial charge >= 0.3 is 0 Å². The van der Waals surface area contributed by atoms with Gasteiger partial charge in [-0.1, -0.05) is 102 Å². The van der Waals surface area contributed by atoms with Gasteiger partial charge < -0.3 is 10.1 Å². The van der Waals surface area contributed by atoms with Crippen molar-refractivity contribution in [1.82, 2.24) is 4.98 Å². The van der Waals surface area contributed by atoms with Gasteiger partial charge in [-0.3, -0.25) is 4.79 Å². The monoisotopic (exact) mass is 711 g/mol. The third kappa shape index (κ3) is 6.97. The smallest absolute Gasteiger partial charge is 0.159 e. The largest absolute Gasteiger partial charge is 0.512 e. The molecule has 1 aliphatic carbocycles. The summed E-state index contributed by atoms with van der Waals surface area (Å²) in [7, 11) is 0. The van der Waals surface area contributed by atoms with Crippen LogP contribution < -0.4 is 0 Å². The normalized spacial score (nSPS) is 12.2. The molecular formula is C36H40IrNO2-. The number of nitrogens with zero attached hydrogens (tertiary/aromatic N) is 1. The number of carbonyl (C=O) groups is 1. The standard InChI is InChI=1S/C25H20N.C11H20O2.Ir/c1-25(2,3)22-15-26-24-20-12-7-6-11-18(20)16-9-4-5-10-17(16)19-13-8-14-21(22)23(19)24;1-8(2)5-10(12)7-11(13)6-9(3)4;/h4-11,13-15H,1-3H3;7-9,12H,5-6H2,1-4H3;/q-1;;/b;10-7-;. The van der Waals surface area contributed by atoms with E-state index >= 15 is 0 Å². The molecule has 0 bridgehead atoms. The van der Waals surface area contributed by atoms with Crippen molar-refractivity contribution in [3.63, 3.8) is 0 Å². The molecule has 0 atom stereocenters. The molecule has 3 aromatic carbocycles. The fourth-order valence-electron chi connectivity index (χ4n) is 5.24. The maximum absolute atomic E-state index is 11.2. The van der Waals surface area contributed by atoms with Crippen LogP contribution in [-0.4, -0.2) is 15.9 Å². The van der Waals surface area contributed by atoms with Crippen LogP contribution in [0.1, 0.15) is 66.9 Å². The summed E-state index contributed by atoms with van der Waals surface area (Å²) in [5.41, 5.74) is 8.44. The van der Waals surface area contributed by atoms with E-state index in [-0.39, 0.29) is 37.1 Å². The van der Waals surface area contributed by atoms with Gasteiger partial charge in [0.1, 0.15) is 0 Å². The SMILES string of the molecule is CC(C)(C)c1cnc2c3c(cccc13)-c1ccccc1-c1ccc[c-]c1-2.CC(C)CC(=O)/C=C(\O)CC(C)C.[Ir]. The second-order valence-electron chi connectivity index (χ2n) is 12.3. The molecule has 0 saturated carbocycles. The van der Waals surface area contributed by atoms with Crippen LogP contribution >= 0.6 is 0 Å². The molecule has 3 nitrogen and oxygen atoms in total. The second-order valence-corrected chi connectivity index (χ2v) is 12.3. The van der Waals surface area contributed by atoms with Crippen molar-refractivity contribution in [3.8, 4) is 33.5 Å². The Morgan fingerprint density at radius 2 is 1.48 bits per heavy atom. The average molecular weight is 711 g/mol. The molecule has 1 N–H and O–H groups in total. The number of rotatable bonds is 5. The summed E-state index contributed by atoms with van der Waals surface area (Å²) >= 11 is 0. The summed E-state index contributed by atoms with van der Waals surface area (Å²) < 4.78 is 0. The Kier molecular flexibility index (Phi) is 10.3. The molecule has 5 rings (SSSR count). The molecule has 40 heavy (non-hydrogen) atoms. The summed E-state index contributed by atoms with van der Waals surface area (Å²) in [6.07, 6.45) is 4.52. The predicted octanol–water partition coefficient (Wildman–Crippen LogP) is 9.73. The Labute approximate surface area is 253 Å². The van der Waals surface area contributed by atoms with Crippen molar-refractivity contribution in [2.45, 2.75) is 66.7 Å². The topological polar surface area (TPSA) is 50.2 Å². The van der Waals surface area contributed by atoms with Crippen LogP contribution in [0.4, 0.5) is 0 Å². The minimum absolute atomic E-state index is 0. The molecule has 1 aliphatic rings. The van der Waals surface area contributed by atoms with Gasteiger partial charge in [-0.15, -0.1) is 29.8 Å². The van der Waals surface area contributed by atoms with Crippen molar-refractivity contribution in [2.24, 2.45) is 11.8 Å². The van der Waals surface area contributed by atoms with Crippen LogP contribution in [0.3, 0.4) is 0 Å². The number of pyridine rings is 1. The molecule has 0 saturated heterocycles. The molecule has 1 heterocycles. The molecule has 0 spiro atoms. The second kappa shape index (κ2) is 13.1. The van der Waals surface area contributed by atoms with E-state index < -0.39 is 0 Å². The minimum Gasteiger partial charge on any atom is -0.512 e. The van der Waals surface area contributed by atoms with E-state index in [1.54, 1.807) is 0 Å². The summed E-state index contributed by atoms with van der Waals surface area (Å²) in [6, 6.07) is 25.0. The van der Waals surface area contributed by atoms with E-state index in [2.05, 4.69) is 87.6 Å². The zero-order chi connectivity index (χ0) is 28.3. The number of aromatic nitrogens is 1. The molecule has 1 radical (unpaired) electrons. The molecular weight excluding hydrogens is 671 g/mol. The fraction of sp³-hybridized carbons (Fsp3) is 0.333. The molecule has 0 aliphatic heterocycles. The zero-order valence-electron chi connectivity index (χ0n) is 24.6. The van der Waals surface area contributed by atoms with Crippen LogP contribution in [0, 0.1) is 17.9 Å². The van der Waals surface area contributed by atoms with Crippen LogP contribution in [0.15, 0.2) is 78.7 Å². The Hall–Kier alpha value is -3.07. The Bertz CT molecular complexity index is 1470. The third-order valence-electron chi connectivity index (χ3n) is 6.88. The predicted molar refractivity (Wildman–Crippen MR) is 164 cm³/mol. The molecule has 0 unspecified atom stereocenters. The van der Waals surface area contributed by atoms with Gasteiger partial charge in [0.25, 0.3) is 0 Å². The van der Waals surface area contributed by atoms with Crippen LogP contribution in [-0.2, 0) is 30.3 Å². The third-order valence-corrected chi connectivity index (χ3v) is 6.88. The fourth-order valence-corrected chi connectivity index (χ4v) is 5.24. The summed E-state index contributed by atoms with van der Waals surface area (Å²) in [5, 5.41) is 11.9. The Morgan fingerprint density at radius 3 is 2.10 bits per heavy atom. The van der Waals surface area contributed by atoms with E-state index in [9.17, 15) is 9.90 Å². The first-order valence-corrected chi connectivity index (χ1v) is 13.9. The summed E-state index contributed by atoms with van der Waals surface area (Å²) in [4.78, 5) is 16.2. The average Bonchev–Trinajstić information content (AvgIpc) is 2.98. The molecule has 211 valence electrons. The minimum atomic E-state index is 0. The van der Waals surface area contributed by atoms with Crippen molar-refractivity contribution < 1.29 is 30.0 Å². The quantitative estimate of drug-likeness (QED) is 0.112. The van der Waals surface area contributed by atoms with E-state index in [1.807, 2.05) is 33.8 Å². The van der Waals surface area contributed by atoms with Gasteiger partial charge in [-0.05, 0) is 50.4 Å². The number of carbonyl (C=O) groups excluding carboxylic acids is 1. The number of aliphatic hydroxyl groups excluding tert-OH is 1. The number of aliphatic hydroxyl groups is 1.